The molecule has 5 atom stereocenters. The van der Waals surface area contributed by atoms with Crippen LogP contribution in [0.1, 0.15) is 48.5 Å². The summed E-state index contributed by atoms with van der Waals surface area (Å²) >= 11 is 0. The zero-order valence-electron chi connectivity index (χ0n) is 17.8. The van der Waals surface area contributed by atoms with Crippen molar-refractivity contribution in [1.82, 2.24) is 5.32 Å². The largest absolute Gasteiger partial charge is 0.462 e. The molecule has 1 fully saturated rings. The van der Waals surface area contributed by atoms with E-state index in [1.54, 1.807) is 41.5 Å². The molecule has 0 aromatic carbocycles. The number of azide groups is 1. The van der Waals surface area contributed by atoms with Crippen LogP contribution in [0.5, 0.6) is 0 Å². The maximum atomic E-state index is 12.4. The molecule has 1 aliphatic rings. The van der Waals surface area contributed by atoms with E-state index < -0.39 is 59.3 Å². The smallest absolute Gasteiger partial charge is 0.311 e. The first-order valence-electron chi connectivity index (χ1n) is 9.21. The van der Waals surface area contributed by atoms with Gasteiger partial charge in [-0.2, -0.15) is 0 Å². The van der Waals surface area contributed by atoms with Crippen molar-refractivity contribution in [3.63, 3.8) is 0 Å². The summed E-state index contributed by atoms with van der Waals surface area (Å²) in [5.74, 6) is -1.66. The maximum absolute atomic E-state index is 12.4. The molecule has 164 valence electrons. The van der Waals surface area contributed by atoms with Crippen molar-refractivity contribution in [1.29, 1.82) is 0 Å². The number of aliphatic hydroxyl groups is 1. The zero-order chi connectivity index (χ0) is 22.6. The highest BCUT2D eigenvalue weighted by atomic mass is 16.6. The normalized spacial score (nSPS) is 27.4. The van der Waals surface area contributed by atoms with Crippen LogP contribution in [-0.4, -0.2) is 60.1 Å². The Morgan fingerprint density at radius 1 is 1.14 bits per heavy atom. The van der Waals surface area contributed by atoms with Crippen molar-refractivity contribution in [2.75, 3.05) is 6.61 Å². The van der Waals surface area contributed by atoms with Crippen LogP contribution >= 0.6 is 0 Å². The van der Waals surface area contributed by atoms with E-state index in [1.807, 2.05) is 0 Å². The van der Waals surface area contributed by atoms with E-state index in [0.29, 0.717) is 0 Å². The molecule has 0 aromatic heterocycles. The predicted octanol–water partition coefficient (Wildman–Crippen LogP) is 1.43. The summed E-state index contributed by atoms with van der Waals surface area (Å²) in [7, 11) is 0. The van der Waals surface area contributed by atoms with Gasteiger partial charge in [-0.15, -0.1) is 0 Å². The number of hydrogen-bond acceptors (Lipinski definition) is 8. The van der Waals surface area contributed by atoms with Crippen LogP contribution in [0.4, 0.5) is 0 Å². The Bertz CT molecular complexity index is 677. The molecule has 0 saturated carbocycles. The molecule has 0 unspecified atom stereocenters. The van der Waals surface area contributed by atoms with Gasteiger partial charge in [0.1, 0.15) is 18.8 Å². The van der Waals surface area contributed by atoms with Gasteiger partial charge >= 0.3 is 11.9 Å². The topological polar surface area (TPSA) is 160 Å². The molecule has 0 aromatic rings. The summed E-state index contributed by atoms with van der Waals surface area (Å²) in [4.78, 5) is 38.7. The summed E-state index contributed by atoms with van der Waals surface area (Å²) in [6.45, 7) is 10.8. The van der Waals surface area contributed by atoms with Gasteiger partial charge in [0.15, 0.2) is 12.3 Å². The van der Waals surface area contributed by atoms with Crippen molar-refractivity contribution in [2.24, 2.45) is 15.9 Å². The molecule has 1 heterocycles. The molecule has 1 saturated heterocycles. The van der Waals surface area contributed by atoms with Gasteiger partial charge in [-0.05, 0) is 47.1 Å². The molecular formula is C18H30N4O7. The average Bonchev–Trinajstić information content (AvgIpc) is 2.56. The SMILES string of the molecule is CC(=O)N[C@@H]1[C@@H](O)[C@H](OC(=O)C(C)(C)C)[C@@H](COC(=O)C(C)(C)C)O[C@H]1N=[N+]=[N-]. The van der Waals surface area contributed by atoms with Gasteiger partial charge in [-0.3, -0.25) is 14.4 Å². The van der Waals surface area contributed by atoms with Gasteiger partial charge < -0.3 is 24.6 Å². The number of carbonyl (C=O) groups is 3. The first-order valence-corrected chi connectivity index (χ1v) is 9.21. The van der Waals surface area contributed by atoms with Crippen molar-refractivity contribution in [2.45, 2.75) is 79.0 Å². The first-order chi connectivity index (χ1) is 13.2. The minimum Gasteiger partial charge on any atom is -0.462 e. The zero-order valence-corrected chi connectivity index (χ0v) is 17.8. The number of esters is 2. The highest BCUT2D eigenvalue weighted by Gasteiger charge is 2.49. The molecule has 0 bridgehead atoms. The van der Waals surface area contributed by atoms with E-state index in [2.05, 4.69) is 15.3 Å². The Hall–Kier alpha value is -2.36. The predicted molar refractivity (Wildman–Crippen MR) is 101 cm³/mol. The lowest BCUT2D eigenvalue weighted by Gasteiger charge is -2.43. The van der Waals surface area contributed by atoms with Gasteiger partial charge in [0.05, 0.1) is 16.9 Å². The quantitative estimate of drug-likeness (QED) is 0.298. The molecule has 11 nitrogen and oxygen atoms in total. The highest BCUT2D eigenvalue weighted by Crippen LogP contribution is 2.28. The lowest BCUT2D eigenvalue weighted by atomic mass is 9.93. The van der Waals surface area contributed by atoms with Crippen molar-refractivity contribution >= 4 is 17.8 Å². The van der Waals surface area contributed by atoms with Gasteiger partial charge in [-0.25, -0.2) is 0 Å². The fraction of sp³-hybridized carbons (Fsp3) is 0.833. The van der Waals surface area contributed by atoms with E-state index in [9.17, 15) is 19.5 Å². The third kappa shape index (κ3) is 6.88. The number of rotatable bonds is 5. The molecule has 0 radical (unpaired) electrons. The van der Waals surface area contributed by atoms with E-state index in [-0.39, 0.29) is 6.61 Å². The lowest BCUT2D eigenvalue weighted by molar-refractivity contribution is -0.220. The van der Waals surface area contributed by atoms with Crippen LogP contribution in [0.25, 0.3) is 10.4 Å². The lowest BCUT2D eigenvalue weighted by Crippen LogP contribution is -2.64. The second-order valence-electron chi connectivity index (χ2n) is 8.96. The summed E-state index contributed by atoms with van der Waals surface area (Å²) in [6.07, 6.45) is -5.13. The van der Waals surface area contributed by atoms with Crippen molar-refractivity contribution < 1.29 is 33.7 Å². The molecule has 11 heteroatoms. The van der Waals surface area contributed by atoms with Crippen LogP contribution in [0, 0.1) is 10.8 Å². The minimum absolute atomic E-state index is 0.348. The number of aliphatic hydroxyl groups excluding tert-OH is 1. The molecule has 1 rings (SSSR count). The van der Waals surface area contributed by atoms with Gasteiger partial charge in [0.2, 0.25) is 5.91 Å². The van der Waals surface area contributed by atoms with Crippen molar-refractivity contribution in [3.8, 4) is 0 Å². The summed E-state index contributed by atoms with van der Waals surface area (Å²) in [5.41, 5.74) is 7.14. The fourth-order valence-corrected chi connectivity index (χ4v) is 2.43. The Morgan fingerprint density at radius 3 is 2.14 bits per heavy atom. The van der Waals surface area contributed by atoms with Crippen LogP contribution in [0.2, 0.25) is 0 Å². The number of nitrogens with zero attached hydrogens (tertiary/aromatic N) is 3. The third-order valence-corrected chi connectivity index (χ3v) is 4.07. The Labute approximate surface area is 169 Å². The Morgan fingerprint density at radius 2 is 1.69 bits per heavy atom. The molecule has 2 N–H and O–H groups in total. The van der Waals surface area contributed by atoms with Crippen molar-refractivity contribution in [3.05, 3.63) is 10.4 Å². The van der Waals surface area contributed by atoms with Gasteiger partial charge in [0.25, 0.3) is 0 Å². The maximum Gasteiger partial charge on any atom is 0.311 e. The van der Waals surface area contributed by atoms with Crippen LogP contribution in [0.3, 0.4) is 0 Å². The standard InChI is InChI=1S/C18H30N4O7/c1-9(23)20-11-12(24)13(29-16(26)18(5,6)7)10(28-14(11)21-22-19)8-27-15(25)17(2,3)4/h10-14,24H,8H2,1-7H3,(H,20,23)/t10-,11-,12-,13-,14-/m1/s1. The number of nitrogens with one attached hydrogen (secondary N) is 1. The van der Waals surface area contributed by atoms with Crippen LogP contribution in [-0.2, 0) is 28.6 Å². The molecule has 29 heavy (non-hydrogen) atoms. The second kappa shape index (κ2) is 9.43. The van der Waals surface area contributed by atoms with Crippen LogP contribution < -0.4 is 5.32 Å². The number of carbonyl (C=O) groups excluding carboxylic acids is 3. The summed E-state index contributed by atoms with van der Waals surface area (Å²) < 4.78 is 16.3. The fourth-order valence-electron chi connectivity index (χ4n) is 2.43. The molecule has 1 amide bonds. The highest BCUT2D eigenvalue weighted by molar-refractivity contribution is 5.76. The minimum atomic E-state index is -1.47. The Balaban J connectivity index is 3.17. The summed E-state index contributed by atoms with van der Waals surface area (Å²) in [5, 5.41) is 16.7. The molecule has 0 spiro atoms. The van der Waals surface area contributed by atoms with E-state index in [4.69, 9.17) is 19.7 Å². The number of hydrogen-bond donors (Lipinski definition) is 2. The van der Waals surface area contributed by atoms with E-state index in [0.717, 1.165) is 0 Å². The van der Waals surface area contributed by atoms with Gasteiger partial charge in [-0.1, -0.05) is 5.11 Å². The number of amides is 1. The monoisotopic (exact) mass is 414 g/mol. The first kappa shape index (κ1) is 24.7. The number of ether oxygens (including phenoxy) is 3. The van der Waals surface area contributed by atoms with E-state index in [1.165, 1.54) is 6.92 Å². The molecular weight excluding hydrogens is 384 g/mol. The van der Waals surface area contributed by atoms with E-state index >= 15 is 0 Å². The Kier molecular flexibility index (Phi) is 8.02. The average molecular weight is 414 g/mol. The second-order valence-corrected chi connectivity index (χ2v) is 8.96. The summed E-state index contributed by atoms with van der Waals surface area (Å²) in [6, 6.07) is -1.16. The molecule has 0 aliphatic carbocycles. The van der Waals surface area contributed by atoms with Gasteiger partial charge in [0, 0.05) is 11.8 Å². The molecule has 1 aliphatic heterocycles. The third-order valence-electron chi connectivity index (χ3n) is 4.07. The van der Waals surface area contributed by atoms with Crippen LogP contribution in [0.15, 0.2) is 5.11 Å².